The molecule has 0 heterocycles. The smallest absolute Gasteiger partial charge is 0.338 e. The second kappa shape index (κ2) is 8.22. The largest absolute Gasteiger partial charge is 0.465 e. The van der Waals surface area contributed by atoms with E-state index in [9.17, 15) is 9.59 Å². The molecule has 0 aliphatic heterocycles. The van der Waals surface area contributed by atoms with Crippen LogP contribution < -0.4 is 5.32 Å². The number of ether oxygens (including phenoxy) is 1. The molecule has 2 aromatic carbocycles. The number of carbonyl (C=O) groups excluding carboxylic acids is 2. The fourth-order valence-electron chi connectivity index (χ4n) is 2.11. The van der Waals surface area contributed by atoms with Crippen LogP contribution in [-0.2, 0) is 9.53 Å². The Hall–Kier alpha value is -1.98. The lowest BCUT2D eigenvalue weighted by atomic mass is 10.1. The Labute approximate surface area is 150 Å². The summed E-state index contributed by atoms with van der Waals surface area (Å²) < 4.78 is 4.75. The van der Waals surface area contributed by atoms with Gasteiger partial charge in [-0.05, 0) is 55.8 Å². The van der Waals surface area contributed by atoms with Crippen LogP contribution in [-0.4, -0.2) is 24.2 Å². The highest BCUT2D eigenvalue weighted by atomic mass is 35.5. The van der Waals surface area contributed by atoms with Crippen molar-refractivity contribution in [3.8, 4) is 0 Å². The van der Waals surface area contributed by atoms with Crippen LogP contribution in [0.15, 0.2) is 47.4 Å². The molecule has 0 saturated heterocycles. The van der Waals surface area contributed by atoms with Crippen LogP contribution in [0.3, 0.4) is 0 Å². The molecule has 24 heavy (non-hydrogen) atoms. The van der Waals surface area contributed by atoms with Gasteiger partial charge in [-0.15, -0.1) is 11.8 Å². The Morgan fingerprint density at radius 2 is 1.83 bits per heavy atom. The van der Waals surface area contributed by atoms with E-state index < -0.39 is 5.97 Å². The van der Waals surface area contributed by atoms with E-state index >= 15 is 0 Å². The Morgan fingerprint density at radius 3 is 2.46 bits per heavy atom. The molecule has 0 fully saturated rings. The molecule has 0 aliphatic carbocycles. The van der Waals surface area contributed by atoms with Crippen molar-refractivity contribution in [1.29, 1.82) is 0 Å². The zero-order valence-corrected chi connectivity index (χ0v) is 15.2. The Kier molecular flexibility index (Phi) is 6.29. The highest BCUT2D eigenvalue weighted by Crippen LogP contribution is 2.26. The van der Waals surface area contributed by atoms with E-state index in [0.29, 0.717) is 21.8 Å². The van der Waals surface area contributed by atoms with Crippen molar-refractivity contribution < 1.29 is 14.3 Å². The highest BCUT2D eigenvalue weighted by molar-refractivity contribution is 8.00. The summed E-state index contributed by atoms with van der Waals surface area (Å²) >= 11 is 7.30. The van der Waals surface area contributed by atoms with Crippen molar-refractivity contribution in [3.63, 3.8) is 0 Å². The monoisotopic (exact) mass is 363 g/mol. The average Bonchev–Trinajstić information content (AvgIpc) is 2.58. The van der Waals surface area contributed by atoms with Gasteiger partial charge in [0, 0.05) is 15.6 Å². The number of anilines is 1. The van der Waals surface area contributed by atoms with Gasteiger partial charge in [-0.2, -0.15) is 0 Å². The molecule has 6 heteroatoms. The van der Waals surface area contributed by atoms with Crippen molar-refractivity contribution in [3.05, 3.63) is 58.6 Å². The van der Waals surface area contributed by atoms with Crippen LogP contribution >= 0.6 is 23.4 Å². The molecule has 4 nitrogen and oxygen atoms in total. The number of benzene rings is 2. The summed E-state index contributed by atoms with van der Waals surface area (Å²) in [5.41, 5.74) is 1.72. The average molecular weight is 364 g/mol. The van der Waals surface area contributed by atoms with E-state index in [1.165, 1.54) is 18.9 Å². The number of rotatable bonds is 5. The lowest BCUT2D eigenvalue weighted by molar-refractivity contribution is -0.115. The minimum absolute atomic E-state index is 0.139. The minimum Gasteiger partial charge on any atom is -0.465 e. The molecule has 2 aromatic rings. The minimum atomic E-state index is -0.424. The van der Waals surface area contributed by atoms with Gasteiger partial charge in [-0.3, -0.25) is 4.79 Å². The van der Waals surface area contributed by atoms with Gasteiger partial charge in [0.1, 0.15) is 0 Å². The molecule has 0 aliphatic rings. The summed E-state index contributed by atoms with van der Waals surface area (Å²) in [5, 5.41) is 3.23. The first-order valence-corrected chi connectivity index (χ1v) is 8.59. The molecule has 0 bridgehead atoms. The molecule has 1 N–H and O–H groups in total. The van der Waals surface area contributed by atoms with Gasteiger partial charge in [-0.25, -0.2) is 4.79 Å². The first-order chi connectivity index (χ1) is 11.4. The second-order valence-electron chi connectivity index (χ2n) is 5.17. The Balaban J connectivity index is 2.08. The van der Waals surface area contributed by atoms with Gasteiger partial charge in [-0.1, -0.05) is 17.7 Å². The number of esters is 1. The van der Waals surface area contributed by atoms with Crippen molar-refractivity contribution in [2.24, 2.45) is 0 Å². The number of amides is 1. The lowest BCUT2D eigenvalue weighted by Crippen LogP contribution is -2.23. The standard InChI is InChI=1S/C18H18ClNO3S/c1-11-15(18(22)23-3)5-4-6-16(11)20-17(21)12(2)24-14-9-7-13(19)8-10-14/h4-10,12H,1-3H3,(H,20,21). The molecule has 0 saturated carbocycles. The molecule has 0 radical (unpaired) electrons. The normalized spacial score (nSPS) is 11.7. The molecular weight excluding hydrogens is 346 g/mol. The SMILES string of the molecule is COC(=O)c1cccc(NC(=O)C(C)Sc2ccc(Cl)cc2)c1C. The van der Waals surface area contributed by atoms with Gasteiger partial charge >= 0.3 is 5.97 Å². The Morgan fingerprint density at radius 1 is 1.17 bits per heavy atom. The summed E-state index contributed by atoms with van der Waals surface area (Å²) in [6.07, 6.45) is 0. The van der Waals surface area contributed by atoms with E-state index in [2.05, 4.69) is 5.32 Å². The van der Waals surface area contributed by atoms with E-state index in [-0.39, 0.29) is 11.2 Å². The van der Waals surface area contributed by atoms with Crippen LogP contribution in [0.2, 0.25) is 5.02 Å². The number of thioether (sulfide) groups is 1. The van der Waals surface area contributed by atoms with E-state index in [1.807, 2.05) is 19.1 Å². The third-order valence-electron chi connectivity index (χ3n) is 3.49. The summed E-state index contributed by atoms with van der Waals surface area (Å²) in [5.74, 6) is -0.563. The molecule has 2 rings (SSSR count). The number of hydrogen-bond acceptors (Lipinski definition) is 4. The quantitative estimate of drug-likeness (QED) is 0.625. The van der Waals surface area contributed by atoms with Gasteiger partial charge in [0.15, 0.2) is 0 Å². The third kappa shape index (κ3) is 4.52. The molecule has 0 aromatic heterocycles. The zero-order valence-electron chi connectivity index (χ0n) is 13.6. The fourth-order valence-corrected chi connectivity index (χ4v) is 3.10. The summed E-state index contributed by atoms with van der Waals surface area (Å²) in [7, 11) is 1.33. The maximum atomic E-state index is 12.4. The van der Waals surface area contributed by atoms with Crippen LogP contribution in [0, 0.1) is 6.92 Å². The maximum absolute atomic E-state index is 12.4. The molecule has 126 valence electrons. The molecule has 1 atom stereocenters. The van der Waals surface area contributed by atoms with Gasteiger partial charge < -0.3 is 10.1 Å². The number of nitrogens with one attached hydrogen (secondary N) is 1. The lowest BCUT2D eigenvalue weighted by Gasteiger charge is -2.15. The summed E-state index contributed by atoms with van der Waals surface area (Å²) in [6.45, 7) is 3.60. The van der Waals surface area contributed by atoms with Crippen LogP contribution in [0.1, 0.15) is 22.8 Å². The number of halogens is 1. The topological polar surface area (TPSA) is 55.4 Å². The zero-order chi connectivity index (χ0) is 17.7. The Bertz CT molecular complexity index is 746. The highest BCUT2D eigenvalue weighted by Gasteiger charge is 2.17. The third-order valence-corrected chi connectivity index (χ3v) is 4.86. The number of methoxy groups -OCH3 is 1. The van der Waals surface area contributed by atoms with Crippen LogP contribution in [0.5, 0.6) is 0 Å². The van der Waals surface area contributed by atoms with E-state index in [4.69, 9.17) is 16.3 Å². The van der Waals surface area contributed by atoms with E-state index in [1.54, 1.807) is 37.3 Å². The summed E-state index contributed by atoms with van der Waals surface area (Å²) in [6, 6.07) is 12.5. The van der Waals surface area contributed by atoms with Gasteiger partial charge in [0.25, 0.3) is 0 Å². The van der Waals surface area contributed by atoms with Crippen molar-refractivity contribution in [2.45, 2.75) is 24.0 Å². The molecular formula is C18H18ClNO3S. The van der Waals surface area contributed by atoms with E-state index in [0.717, 1.165) is 4.90 Å². The number of carbonyl (C=O) groups is 2. The molecule has 0 spiro atoms. The summed E-state index contributed by atoms with van der Waals surface area (Å²) in [4.78, 5) is 25.1. The van der Waals surface area contributed by atoms with Crippen molar-refractivity contribution in [1.82, 2.24) is 0 Å². The van der Waals surface area contributed by atoms with Gasteiger partial charge in [0.2, 0.25) is 5.91 Å². The fraction of sp³-hybridized carbons (Fsp3) is 0.222. The van der Waals surface area contributed by atoms with Crippen LogP contribution in [0.25, 0.3) is 0 Å². The molecule has 1 amide bonds. The van der Waals surface area contributed by atoms with Crippen LogP contribution in [0.4, 0.5) is 5.69 Å². The number of hydrogen-bond donors (Lipinski definition) is 1. The van der Waals surface area contributed by atoms with Crippen molar-refractivity contribution in [2.75, 3.05) is 12.4 Å². The van der Waals surface area contributed by atoms with Crippen molar-refractivity contribution >= 4 is 40.9 Å². The first kappa shape index (κ1) is 18.4. The predicted molar refractivity (Wildman–Crippen MR) is 97.9 cm³/mol. The maximum Gasteiger partial charge on any atom is 0.338 e. The van der Waals surface area contributed by atoms with Gasteiger partial charge in [0.05, 0.1) is 17.9 Å². The second-order valence-corrected chi connectivity index (χ2v) is 7.02. The predicted octanol–water partition coefficient (Wildman–Crippen LogP) is 4.55. The molecule has 1 unspecified atom stereocenters. The first-order valence-electron chi connectivity index (χ1n) is 7.33.